The van der Waals surface area contributed by atoms with Crippen LogP contribution in [0.4, 0.5) is 0 Å². The number of rotatable bonds is 14. The number of benzene rings is 3. The molecule has 1 fully saturated rings. The van der Waals surface area contributed by atoms with Crippen LogP contribution >= 0.6 is 0 Å². The van der Waals surface area contributed by atoms with Crippen LogP contribution in [-0.4, -0.2) is 123 Å². The molecule has 1 aliphatic rings. The Bertz CT molecular complexity index is 3410. The third-order valence-electron chi connectivity index (χ3n) is 13.2. The Morgan fingerprint density at radius 1 is 0.833 bits per heavy atom. The number of phenolic OH excluding ortho intramolecular Hbond substituents is 2. The molecule has 1 aliphatic heterocycles. The van der Waals surface area contributed by atoms with Crippen LogP contribution in [0.5, 0.6) is 17.4 Å². The highest BCUT2D eigenvalue weighted by Gasteiger charge is 2.33. The summed E-state index contributed by atoms with van der Waals surface area (Å²) in [6.07, 6.45) is 3.33. The molecule has 0 bridgehead atoms. The number of nitrogens with one attached hydrogen (secondary N) is 1. The molecule has 1 saturated heterocycles. The summed E-state index contributed by atoms with van der Waals surface area (Å²) in [6, 6.07) is 25.0. The molecule has 0 saturated carbocycles. The predicted molar refractivity (Wildman–Crippen MR) is 269 cm³/mol. The van der Waals surface area contributed by atoms with Crippen molar-refractivity contribution < 1.29 is 34.1 Å². The molecular weight excluding hydrogens is 919 g/mol. The van der Waals surface area contributed by atoms with Crippen molar-refractivity contribution in [1.82, 2.24) is 54.0 Å². The van der Waals surface area contributed by atoms with Gasteiger partial charge in [-0.05, 0) is 91.9 Å². The summed E-state index contributed by atoms with van der Waals surface area (Å²) in [5.74, 6) is -0.794. The number of carbonyl (C=O) groups excluding carboxylic acids is 3. The van der Waals surface area contributed by atoms with Crippen molar-refractivity contribution in [3.8, 4) is 51.4 Å². The van der Waals surface area contributed by atoms with E-state index in [2.05, 4.69) is 30.4 Å². The minimum atomic E-state index is -1.12. The summed E-state index contributed by atoms with van der Waals surface area (Å²) in [5, 5.41) is 32.7. The molecule has 0 unspecified atom stereocenters. The summed E-state index contributed by atoms with van der Waals surface area (Å²) in [7, 11) is 3.24. The van der Waals surface area contributed by atoms with Gasteiger partial charge in [-0.2, -0.15) is 0 Å². The first kappa shape index (κ1) is 48.6. The van der Waals surface area contributed by atoms with Crippen LogP contribution < -0.4 is 15.7 Å². The Morgan fingerprint density at radius 3 is 2.21 bits per heavy atom. The zero-order valence-corrected chi connectivity index (χ0v) is 41.1. The van der Waals surface area contributed by atoms with Gasteiger partial charge in [0.15, 0.2) is 12.4 Å². The number of esters is 1. The van der Waals surface area contributed by atoms with Gasteiger partial charge < -0.3 is 29.9 Å². The summed E-state index contributed by atoms with van der Waals surface area (Å²) in [6.45, 7) is 11.8. The molecule has 19 heteroatoms. The van der Waals surface area contributed by atoms with Gasteiger partial charge >= 0.3 is 11.7 Å². The number of carbonyl (C=O) groups is 3. The average molecular weight is 974 g/mol. The number of pyridine rings is 3. The quantitative estimate of drug-likeness (QED) is 0.106. The van der Waals surface area contributed by atoms with Crippen molar-refractivity contribution in [3.63, 3.8) is 0 Å². The molecule has 19 nitrogen and oxygen atoms in total. The van der Waals surface area contributed by atoms with Gasteiger partial charge in [0, 0.05) is 75.9 Å². The normalized spacial score (nSPS) is 13.2. The van der Waals surface area contributed by atoms with Gasteiger partial charge in [0.1, 0.15) is 22.5 Å². The Balaban J connectivity index is 0.829. The highest BCUT2D eigenvalue weighted by Crippen LogP contribution is 2.38. The van der Waals surface area contributed by atoms with E-state index in [4.69, 9.17) is 14.5 Å². The maximum Gasteiger partial charge on any atom is 0.333 e. The highest BCUT2D eigenvalue weighted by molar-refractivity contribution is 6.01. The number of amides is 2. The molecule has 2 amide bonds. The van der Waals surface area contributed by atoms with Crippen molar-refractivity contribution in [1.29, 1.82) is 0 Å². The Labute approximate surface area is 414 Å². The summed E-state index contributed by atoms with van der Waals surface area (Å²) >= 11 is 0. The second-order valence-corrected chi connectivity index (χ2v) is 18.5. The topological polar surface area (TPSA) is 225 Å². The van der Waals surface area contributed by atoms with Crippen LogP contribution in [0.25, 0.3) is 56.1 Å². The highest BCUT2D eigenvalue weighted by atomic mass is 16.5. The van der Waals surface area contributed by atoms with Gasteiger partial charge in [-0.15, -0.1) is 10.2 Å². The van der Waals surface area contributed by atoms with E-state index in [0.717, 1.165) is 11.1 Å². The van der Waals surface area contributed by atoms with Gasteiger partial charge in [0.25, 0.3) is 11.8 Å². The second kappa shape index (κ2) is 19.7. The number of ether oxygens (including phenoxy) is 2. The van der Waals surface area contributed by atoms with Crippen LogP contribution in [-0.2, 0) is 33.3 Å². The minimum absolute atomic E-state index is 0.0380. The number of nitrogens with zero attached hydrogens (tertiary/aromatic N) is 10. The fourth-order valence-electron chi connectivity index (χ4n) is 8.94. The van der Waals surface area contributed by atoms with E-state index in [1.807, 2.05) is 56.3 Å². The van der Waals surface area contributed by atoms with Gasteiger partial charge in [0.05, 0.1) is 46.7 Å². The molecule has 0 aliphatic carbocycles. The van der Waals surface area contributed by atoms with E-state index in [9.17, 15) is 29.4 Å². The van der Waals surface area contributed by atoms with Gasteiger partial charge in [-0.25, -0.2) is 14.8 Å². The van der Waals surface area contributed by atoms with Gasteiger partial charge in [0.2, 0.25) is 11.7 Å². The molecular formula is C53H55N11O8. The van der Waals surface area contributed by atoms with Gasteiger partial charge in [-0.1, -0.05) is 38.1 Å². The lowest BCUT2D eigenvalue weighted by atomic mass is 9.84. The fraction of sp³-hybridized carbons (Fsp3) is 0.302. The maximum atomic E-state index is 13.8. The molecule has 6 heterocycles. The van der Waals surface area contributed by atoms with Crippen molar-refractivity contribution in [3.05, 3.63) is 130 Å². The lowest BCUT2D eigenvalue weighted by molar-refractivity contribution is -0.156. The fourth-order valence-corrected chi connectivity index (χ4v) is 8.94. The number of aryl methyl sites for hydroxylation is 1. The number of aromatic hydroxyl groups is 2. The van der Waals surface area contributed by atoms with E-state index >= 15 is 0 Å². The largest absolute Gasteiger partial charge is 0.508 e. The predicted octanol–water partition coefficient (Wildman–Crippen LogP) is 6.04. The number of methoxy groups -OCH3 is 1. The maximum absolute atomic E-state index is 13.8. The molecule has 3 N–H and O–H groups in total. The number of phenols is 2. The van der Waals surface area contributed by atoms with Crippen LogP contribution in [0.3, 0.4) is 0 Å². The Kier molecular flexibility index (Phi) is 13.3. The minimum Gasteiger partial charge on any atom is -0.508 e. The molecule has 3 aromatic carbocycles. The van der Waals surface area contributed by atoms with Crippen molar-refractivity contribution >= 4 is 39.9 Å². The number of imidazole rings is 1. The molecule has 72 heavy (non-hydrogen) atoms. The van der Waals surface area contributed by atoms with Crippen LogP contribution in [0, 0.1) is 0 Å². The first-order valence-electron chi connectivity index (χ1n) is 23.6. The number of piperazine rings is 1. The standard InChI is InChI=1S/C53H55N11O8/c1-8-54-50(68)49-59-58-48(38-25-37(31(2)3)42(65)26-43(38)66)64(49)36-14-9-32(10-15-36)29-61-21-23-62(24-22-61)45(67)30-72-51(69)53(4,5)34-12-16-35(17-13-34)63-47-41(60(6)52(63)70)28-55-40-19-18-39(57-46(40)47)33-11-20-44(71-7)56-27-33/h9-20,25-28,31,65-66H,8,21-24,29-30H2,1-7H3,(H,54,68). The zero-order chi connectivity index (χ0) is 51.0. The third-order valence-corrected chi connectivity index (χ3v) is 13.2. The van der Waals surface area contributed by atoms with Crippen LogP contribution in [0.15, 0.2) is 102 Å². The number of hydrogen-bond acceptors (Lipinski definition) is 14. The van der Waals surface area contributed by atoms with Crippen molar-refractivity contribution in [2.24, 2.45) is 7.05 Å². The van der Waals surface area contributed by atoms with E-state index in [-0.39, 0.29) is 40.7 Å². The summed E-state index contributed by atoms with van der Waals surface area (Å²) in [4.78, 5) is 71.7. The lowest BCUT2D eigenvalue weighted by Gasteiger charge is -2.35. The average Bonchev–Trinajstić information content (AvgIpc) is 3.94. The molecule has 5 aromatic heterocycles. The second-order valence-electron chi connectivity index (χ2n) is 18.5. The lowest BCUT2D eigenvalue weighted by Crippen LogP contribution is -2.49. The van der Waals surface area contributed by atoms with E-state index in [1.54, 1.807) is 97.8 Å². The zero-order valence-electron chi connectivity index (χ0n) is 41.1. The van der Waals surface area contributed by atoms with Crippen LogP contribution in [0.2, 0.25) is 0 Å². The third kappa shape index (κ3) is 9.21. The number of fused-ring (bicyclic) bond motifs is 3. The smallest absolute Gasteiger partial charge is 0.333 e. The Morgan fingerprint density at radius 2 is 1.54 bits per heavy atom. The van der Waals surface area contributed by atoms with Gasteiger partial charge in [-0.3, -0.25) is 38.0 Å². The van der Waals surface area contributed by atoms with Crippen LogP contribution in [0.1, 0.15) is 67.8 Å². The molecule has 0 radical (unpaired) electrons. The SMILES string of the molecule is CCNC(=O)c1nnc(-c2cc(C(C)C)c(O)cc2O)n1-c1ccc(CN2CCN(C(=O)COC(=O)C(C)(C)c3ccc(-n4c(=O)n(C)c5cnc6ccc(-c7ccc(OC)nc7)nc6c54)cc3)CC2)cc1. The summed E-state index contributed by atoms with van der Waals surface area (Å²) in [5.41, 5.74) is 6.07. The van der Waals surface area contributed by atoms with E-state index in [0.29, 0.717) is 101 Å². The molecule has 0 atom stereocenters. The van der Waals surface area contributed by atoms with E-state index in [1.165, 1.54) is 10.6 Å². The monoisotopic (exact) mass is 973 g/mol. The first-order valence-corrected chi connectivity index (χ1v) is 23.6. The molecule has 370 valence electrons. The summed E-state index contributed by atoms with van der Waals surface area (Å²) < 4.78 is 15.6. The number of hydrogen-bond donors (Lipinski definition) is 3. The van der Waals surface area contributed by atoms with E-state index < -0.39 is 23.9 Å². The number of aromatic nitrogens is 8. The van der Waals surface area contributed by atoms with Crippen molar-refractivity contribution in [2.45, 2.75) is 52.5 Å². The Hall–Kier alpha value is -8.45. The first-order chi connectivity index (χ1) is 34.6. The molecule has 0 spiro atoms. The molecule has 9 rings (SSSR count). The molecule has 8 aromatic rings. The van der Waals surface area contributed by atoms with Crippen molar-refractivity contribution in [2.75, 3.05) is 46.4 Å².